The van der Waals surface area contributed by atoms with E-state index in [0.717, 1.165) is 51.4 Å². The van der Waals surface area contributed by atoms with Crippen molar-refractivity contribution in [3.8, 4) is 0 Å². The van der Waals surface area contributed by atoms with Gasteiger partial charge < -0.3 is 19.8 Å². The van der Waals surface area contributed by atoms with Gasteiger partial charge in [-0.1, -0.05) is 199 Å². The first kappa shape index (κ1) is 56.0. The van der Waals surface area contributed by atoms with E-state index in [-0.39, 0.29) is 19.1 Å². The number of rotatable bonds is 44. The summed E-state index contributed by atoms with van der Waals surface area (Å²) in [6.07, 6.45) is 48.2. The van der Waals surface area contributed by atoms with Crippen molar-refractivity contribution in [1.29, 1.82) is 0 Å². The van der Waals surface area contributed by atoms with Crippen LogP contribution in [0.1, 0.15) is 226 Å². The maximum atomic E-state index is 12.9. The second-order valence-electron chi connectivity index (χ2n) is 17.8. The highest BCUT2D eigenvalue weighted by molar-refractivity contribution is 7.47. The van der Waals surface area contributed by atoms with Gasteiger partial charge >= 0.3 is 7.82 Å². The number of aliphatic hydroxyl groups excluding tert-OH is 1. The minimum atomic E-state index is -4.34. The molecule has 0 aromatic carbocycles. The molecule has 0 aliphatic carbocycles. The average Bonchev–Trinajstić information content (AvgIpc) is 3.16. The van der Waals surface area contributed by atoms with Gasteiger partial charge in [-0.25, -0.2) is 4.57 Å². The second kappa shape index (κ2) is 40.4. The number of unbranched alkanes of at least 4 members (excludes halogenated alkanes) is 29. The van der Waals surface area contributed by atoms with E-state index >= 15 is 0 Å². The monoisotopic (exact) mass is 828 g/mol. The normalized spacial score (nSPS) is 14.4. The first-order valence-corrected chi connectivity index (χ1v) is 25.7. The molecule has 3 unspecified atom stereocenters. The van der Waals surface area contributed by atoms with Crippen LogP contribution in [-0.2, 0) is 18.4 Å². The summed E-state index contributed by atoms with van der Waals surface area (Å²) >= 11 is 0. The molecule has 8 nitrogen and oxygen atoms in total. The van der Waals surface area contributed by atoms with E-state index in [1.807, 2.05) is 27.2 Å². The van der Waals surface area contributed by atoms with E-state index in [9.17, 15) is 19.4 Å². The molecule has 3 atom stereocenters. The molecule has 0 saturated heterocycles. The zero-order valence-electron chi connectivity index (χ0n) is 38.3. The van der Waals surface area contributed by atoms with Crippen LogP contribution < -0.4 is 5.32 Å². The van der Waals surface area contributed by atoms with E-state index in [2.05, 4.69) is 31.3 Å². The number of phosphoric acid groups is 1. The zero-order valence-corrected chi connectivity index (χ0v) is 39.2. The summed E-state index contributed by atoms with van der Waals surface area (Å²) in [6.45, 7) is 4.82. The van der Waals surface area contributed by atoms with Gasteiger partial charge in [0.2, 0.25) is 5.91 Å². The Kier molecular flexibility index (Phi) is 39.7. The van der Waals surface area contributed by atoms with Crippen LogP contribution in [-0.4, -0.2) is 73.4 Å². The number of carbonyl (C=O) groups is 1. The fourth-order valence-electron chi connectivity index (χ4n) is 7.04. The summed E-state index contributed by atoms with van der Waals surface area (Å²) in [5.41, 5.74) is 0. The lowest BCUT2D eigenvalue weighted by Gasteiger charge is -2.25. The standard InChI is InChI=1S/C48H95N2O6P/c1-6-8-10-12-14-16-18-20-22-24-26-28-30-32-34-36-38-40-42-48(52)49-46(45-56-57(53,54)55-44-43-50(3,4)5)47(51)41-39-37-35-33-31-29-27-25-23-21-19-17-15-13-11-9-7-2/h26,28,39,41,46-47,51H,6-25,27,29-38,40,42-45H2,1-5H3,(H-,49,52,53,54)/p+1/b28-26-,41-39+. The predicted octanol–water partition coefficient (Wildman–Crippen LogP) is 13.7. The van der Waals surface area contributed by atoms with Crippen LogP contribution >= 0.6 is 7.82 Å². The molecule has 0 saturated carbocycles. The Morgan fingerprint density at radius 2 is 0.947 bits per heavy atom. The van der Waals surface area contributed by atoms with E-state index in [1.165, 1.54) is 154 Å². The number of likely N-dealkylation sites (N-methyl/N-ethyl adjacent to an activating group) is 1. The molecule has 0 fully saturated rings. The molecule has 338 valence electrons. The number of allylic oxidation sites excluding steroid dienone is 3. The fourth-order valence-corrected chi connectivity index (χ4v) is 7.77. The molecule has 0 rings (SSSR count). The van der Waals surface area contributed by atoms with Gasteiger partial charge in [-0.15, -0.1) is 0 Å². The van der Waals surface area contributed by atoms with Crippen LogP contribution in [0.3, 0.4) is 0 Å². The maximum Gasteiger partial charge on any atom is 0.472 e. The summed E-state index contributed by atoms with van der Waals surface area (Å²) in [5.74, 6) is -0.184. The van der Waals surface area contributed by atoms with Gasteiger partial charge in [0, 0.05) is 6.42 Å². The molecule has 0 spiro atoms. The van der Waals surface area contributed by atoms with Gasteiger partial charge in [-0.05, 0) is 44.9 Å². The van der Waals surface area contributed by atoms with Crippen LogP contribution in [0.5, 0.6) is 0 Å². The van der Waals surface area contributed by atoms with Crippen LogP contribution in [0.15, 0.2) is 24.3 Å². The minimum absolute atomic E-state index is 0.0612. The Morgan fingerprint density at radius 1 is 0.579 bits per heavy atom. The van der Waals surface area contributed by atoms with Gasteiger partial charge in [-0.2, -0.15) is 0 Å². The lowest BCUT2D eigenvalue weighted by atomic mass is 10.0. The Morgan fingerprint density at radius 3 is 1.35 bits per heavy atom. The summed E-state index contributed by atoms with van der Waals surface area (Å²) in [6, 6.07) is -0.848. The van der Waals surface area contributed by atoms with Crippen molar-refractivity contribution in [1.82, 2.24) is 5.32 Å². The van der Waals surface area contributed by atoms with Gasteiger partial charge in [-0.3, -0.25) is 13.8 Å². The highest BCUT2D eigenvalue weighted by Crippen LogP contribution is 2.43. The molecule has 0 bridgehead atoms. The molecular formula is C48H96N2O6P+. The average molecular weight is 828 g/mol. The van der Waals surface area contributed by atoms with Gasteiger partial charge in [0.25, 0.3) is 0 Å². The number of hydrogen-bond donors (Lipinski definition) is 3. The summed E-state index contributed by atoms with van der Waals surface area (Å²) in [4.78, 5) is 23.2. The molecular weight excluding hydrogens is 732 g/mol. The van der Waals surface area contributed by atoms with Crippen molar-refractivity contribution in [3.63, 3.8) is 0 Å². The first-order chi connectivity index (χ1) is 27.5. The molecule has 1 amide bonds. The first-order valence-electron chi connectivity index (χ1n) is 24.2. The van der Waals surface area contributed by atoms with Crippen molar-refractivity contribution in [3.05, 3.63) is 24.3 Å². The lowest BCUT2D eigenvalue weighted by molar-refractivity contribution is -0.870. The van der Waals surface area contributed by atoms with Crippen molar-refractivity contribution in [2.75, 3.05) is 40.9 Å². The van der Waals surface area contributed by atoms with Crippen molar-refractivity contribution in [2.45, 2.75) is 238 Å². The molecule has 0 aliphatic rings. The third-order valence-corrected chi connectivity index (χ3v) is 11.9. The van der Waals surface area contributed by atoms with E-state index < -0.39 is 20.0 Å². The molecule has 0 heterocycles. The van der Waals surface area contributed by atoms with Crippen LogP contribution in [0.2, 0.25) is 0 Å². The Labute approximate surface area is 354 Å². The van der Waals surface area contributed by atoms with Crippen molar-refractivity contribution < 1.29 is 32.9 Å². The number of carbonyl (C=O) groups excluding carboxylic acids is 1. The Balaban J connectivity index is 4.37. The number of hydrogen-bond acceptors (Lipinski definition) is 5. The van der Waals surface area contributed by atoms with Gasteiger partial charge in [0.15, 0.2) is 0 Å². The van der Waals surface area contributed by atoms with E-state index in [0.29, 0.717) is 17.4 Å². The van der Waals surface area contributed by atoms with Gasteiger partial charge in [0.05, 0.1) is 39.9 Å². The second-order valence-corrected chi connectivity index (χ2v) is 19.3. The summed E-state index contributed by atoms with van der Waals surface area (Å²) in [7, 11) is 1.57. The molecule has 0 radical (unpaired) electrons. The molecule has 0 aromatic rings. The molecule has 0 aliphatic heterocycles. The lowest BCUT2D eigenvalue weighted by Crippen LogP contribution is -2.45. The zero-order chi connectivity index (χ0) is 42.1. The largest absolute Gasteiger partial charge is 0.472 e. The van der Waals surface area contributed by atoms with Crippen LogP contribution in [0.25, 0.3) is 0 Å². The number of amides is 1. The minimum Gasteiger partial charge on any atom is -0.387 e. The number of phosphoric ester groups is 1. The van der Waals surface area contributed by atoms with E-state index in [1.54, 1.807) is 6.08 Å². The van der Waals surface area contributed by atoms with Gasteiger partial charge in [0.1, 0.15) is 13.2 Å². The quantitative estimate of drug-likeness (QED) is 0.0244. The maximum absolute atomic E-state index is 12.9. The van der Waals surface area contributed by atoms with E-state index in [4.69, 9.17) is 9.05 Å². The smallest absolute Gasteiger partial charge is 0.387 e. The molecule has 9 heteroatoms. The van der Waals surface area contributed by atoms with Crippen molar-refractivity contribution >= 4 is 13.7 Å². The topological polar surface area (TPSA) is 105 Å². The Hall–Kier alpha value is -1.02. The molecule has 3 N–H and O–H groups in total. The summed E-state index contributed by atoms with van der Waals surface area (Å²) < 4.78 is 23.6. The molecule has 57 heavy (non-hydrogen) atoms. The summed E-state index contributed by atoms with van der Waals surface area (Å²) in [5, 5.41) is 13.9. The number of aliphatic hydroxyl groups is 1. The number of nitrogens with zero attached hydrogens (tertiary/aromatic N) is 1. The number of nitrogens with one attached hydrogen (secondary N) is 1. The van der Waals surface area contributed by atoms with Crippen LogP contribution in [0.4, 0.5) is 0 Å². The van der Waals surface area contributed by atoms with Crippen LogP contribution in [0, 0.1) is 0 Å². The predicted molar refractivity (Wildman–Crippen MR) is 245 cm³/mol. The third-order valence-electron chi connectivity index (χ3n) is 10.9. The Bertz CT molecular complexity index is 984. The highest BCUT2D eigenvalue weighted by atomic mass is 31.2. The third kappa shape index (κ3) is 42.9. The number of quaternary nitrogens is 1. The molecule has 0 aromatic heterocycles. The SMILES string of the molecule is CCCCCCCCCCC/C=C\CCCCCCCC(=O)NC(COP(=O)(O)OCC[N+](C)(C)C)C(O)/C=C/CCCCCCCCCCCCCCCCC. The fraction of sp³-hybridized carbons (Fsp3) is 0.896. The highest BCUT2D eigenvalue weighted by Gasteiger charge is 2.27. The van der Waals surface area contributed by atoms with Crippen molar-refractivity contribution in [2.24, 2.45) is 0 Å².